The van der Waals surface area contributed by atoms with Crippen molar-refractivity contribution in [3.05, 3.63) is 66.1 Å². The second-order valence-corrected chi connectivity index (χ2v) is 6.06. The van der Waals surface area contributed by atoms with Gasteiger partial charge in [0.25, 0.3) is 0 Å². The van der Waals surface area contributed by atoms with E-state index in [1.54, 1.807) is 43.7 Å². The van der Waals surface area contributed by atoms with Crippen LogP contribution in [0.3, 0.4) is 0 Å². The Morgan fingerprint density at radius 2 is 1.96 bits per heavy atom. The molecular weight excluding hydrogens is 356 g/mol. The van der Waals surface area contributed by atoms with E-state index in [9.17, 15) is 4.79 Å². The van der Waals surface area contributed by atoms with Gasteiger partial charge < -0.3 is 15.0 Å². The fourth-order valence-corrected chi connectivity index (χ4v) is 2.59. The third kappa shape index (κ3) is 5.00. The monoisotopic (exact) mass is 378 g/mol. The van der Waals surface area contributed by atoms with E-state index in [-0.39, 0.29) is 0 Å². The summed E-state index contributed by atoms with van der Waals surface area (Å²) in [5.74, 6) is 0.592. The number of hydrogen-bond acceptors (Lipinski definition) is 8. The quantitative estimate of drug-likeness (QED) is 0.598. The lowest BCUT2D eigenvalue weighted by molar-refractivity contribution is 0.0527. The molecule has 0 saturated heterocycles. The highest BCUT2D eigenvalue weighted by molar-refractivity contribution is 5.96. The minimum Gasteiger partial charge on any atom is -0.462 e. The molecular formula is C20H22N6O2. The Morgan fingerprint density at radius 1 is 1.18 bits per heavy atom. The zero-order valence-electron chi connectivity index (χ0n) is 15.9. The van der Waals surface area contributed by atoms with E-state index in [1.807, 2.05) is 30.1 Å². The molecule has 0 aliphatic rings. The van der Waals surface area contributed by atoms with E-state index in [2.05, 4.69) is 25.5 Å². The van der Waals surface area contributed by atoms with E-state index < -0.39 is 5.97 Å². The molecule has 0 aliphatic heterocycles. The summed E-state index contributed by atoms with van der Waals surface area (Å²) in [5, 5.41) is 11.1. The normalized spacial score (nSPS) is 10.4. The number of aromatic nitrogens is 4. The zero-order valence-corrected chi connectivity index (χ0v) is 15.9. The molecule has 0 fully saturated rings. The number of benzene rings is 1. The molecule has 0 amide bonds. The lowest BCUT2D eigenvalue weighted by Gasteiger charge is -2.18. The number of rotatable bonds is 8. The fourth-order valence-electron chi connectivity index (χ4n) is 2.59. The molecule has 8 nitrogen and oxygen atoms in total. The van der Waals surface area contributed by atoms with Crippen LogP contribution < -0.4 is 10.2 Å². The molecule has 28 heavy (non-hydrogen) atoms. The Kier molecular flexibility index (Phi) is 6.46. The number of carbonyl (C=O) groups is 1. The Balaban J connectivity index is 1.71. The van der Waals surface area contributed by atoms with Gasteiger partial charge in [-0.1, -0.05) is 12.1 Å². The first-order valence-electron chi connectivity index (χ1n) is 9.00. The summed E-state index contributed by atoms with van der Waals surface area (Å²) in [5.41, 5.74) is 2.19. The van der Waals surface area contributed by atoms with E-state index in [0.29, 0.717) is 29.6 Å². The molecule has 1 N–H and O–H groups in total. The maximum absolute atomic E-state index is 12.1. The number of hydrogen-bond donors (Lipinski definition) is 1. The van der Waals surface area contributed by atoms with E-state index in [0.717, 1.165) is 13.0 Å². The van der Waals surface area contributed by atoms with Crippen molar-refractivity contribution in [2.24, 2.45) is 0 Å². The van der Waals surface area contributed by atoms with Gasteiger partial charge in [-0.05, 0) is 43.2 Å². The minimum atomic E-state index is -0.399. The SMILES string of the molecule is CCOC(=O)c1ccccc1Nc1nncc(N(C)CCc2ccncc2)n1. The van der Waals surface area contributed by atoms with Crippen molar-refractivity contribution in [2.45, 2.75) is 13.3 Å². The van der Waals surface area contributed by atoms with Gasteiger partial charge in [-0.15, -0.1) is 5.10 Å². The first-order valence-corrected chi connectivity index (χ1v) is 9.00. The molecule has 0 spiro atoms. The summed E-state index contributed by atoms with van der Waals surface area (Å²) in [6, 6.07) is 11.0. The molecule has 3 aromatic rings. The van der Waals surface area contributed by atoms with Gasteiger partial charge in [0.15, 0.2) is 5.82 Å². The van der Waals surface area contributed by atoms with Crippen molar-refractivity contribution in [1.29, 1.82) is 0 Å². The Bertz CT molecular complexity index is 919. The van der Waals surface area contributed by atoms with Crippen molar-refractivity contribution >= 4 is 23.4 Å². The van der Waals surface area contributed by atoms with Crippen LogP contribution in [0.4, 0.5) is 17.5 Å². The van der Waals surface area contributed by atoms with Crippen LogP contribution in [0.5, 0.6) is 0 Å². The summed E-state index contributed by atoms with van der Waals surface area (Å²) in [6.07, 6.45) is 6.03. The smallest absolute Gasteiger partial charge is 0.340 e. The fraction of sp³-hybridized carbons (Fsp3) is 0.250. The average molecular weight is 378 g/mol. The number of carbonyl (C=O) groups excluding carboxylic acids is 1. The second-order valence-electron chi connectivity index (χ2n) is 6.06. The number of nitrogens with zero attached hydrogens (tertiary/aromatic N) is 5. The van der Waals surface area contributed by atoms with Crippen molar-refractivity contribution in [3.8, 4) is 0 Å². The Hall–Kier alpha value is -3.55. The number of para-hydroxylation sites is 1. The Morgan fingerprint density at radius 3 is 2.75 bits per heavy atom. The van der Waals surface area contributed by atoms with Crippen LogP contribution in [0.1, 0.15) is 22.8 Å². The molecule has 0 aliphatic carbocycles. The summed E-state index contributed by atoms with van der Waals surface area (Å²) in [4.78, 5) is 22.6. The average Bonchev–Trinajstić information content (AvgIpc) is 2.73. The molecule has 0 unspecified atom stereocenters. The van der Waals surface area contributed by atoms with Crippen molar-refractivity contribution < 1.29 is 9.53 Å². The molecule has 8 heteroatoms. The van der Waals surface area contributed by atoms with Crippen LogP contribution in [0.15, 0.2) is 55.0 Å². The summed E-state index contributed by atoms with van der Waals surface area (Å²) in [7, 11) is 1.95. The number of ether oxygens (including phenoxy) is 1. The van der Waals surface area contributed by atoms with Crippen LogP contribution in [-0.2, 0) is 11.2 Å². The highest BCUT2D eigenvalue weighted by Gasteiger charge is 2.13. The third-order valence-electron chi connectivity index (χ3n) is 4.09. The van der Waals surface area contributed by atoms with E-state index in [4.69, 9.17) is 4.74 Å². The first kappa shape index (κ1) is 19.2. The van der Waals surface area contributed by atoms with Crippen LogP contribution in [0.2, 0.25) is 0 Å². The number of anilines is 3. The highest BCUT2D eigenvalue weighted by atomic mass is 16.5. The molecule has 1 aromatic carbocycles. The van der Waals surface area contributed by atoms with Crippen molar-refractivity contribution in [1.82, 2.24) is 20.2 Å². The molecule has 144 valence electrons. The number of likely N-dealkylation sites (N-methyl/N-ethyl adjacent to an activating group) is 1. The second kappa shape index (κ2) is 9.40. The van der Waals surface area contributed by atoms with Gasteiger partial charge in [0.2, 0.25) is 5.95 Å². The van der Waals surface area contributed by atoms with Gasteiger partial charge in [-0.3, -0.25) is 4.98 Å². The molecule has 0 atom stereocenters. The van der Waals surface area contributed by atoms with Gasteiger partial charge in [0.05, 0.1) is 24.1 Å². The van der Waals surface area contributed by atoms with Gasteiger partial charge in [-0.2, -0.15) is 10.1 Å². The number of nitrogens with one attached hydrogen (secondary N) is 1. The van der Waals surface area contributed by atoms with Crippen molar-refractivity contribution in [3.63, 3.8) is 0 Å². The number of pyridine rings is 1. The molecule has 2 heterocycles. The maximum atomic E-state index is 12.1. The minimum absolute atomic E-state index is 0.309. The Labute approximate surface area is 163 Å². The maximum Gasteiger partial charge on any atom is 0.340 e. The summed E-state index contributed by atoms with van der Waals surface area (Å²) in [6.45, 7) is 2.84. The molecule has 3 rings (SSSR count). The van der Waals surface area contributed by atoms with Crippen molar-refractivity contribution in [2.75, 3.05) is 30.4 Å². The van der Waals surface area contributed by atoms with Crippen LogP contribution in [0.25, 0.3) is 0 Å². The first-order chi connectivity index (χ1) is 13.7. The van der Waals surface area contributed by atoms with E-state index >= 15 is 0 Å². The van der Waals surface area contributed by atoms with Crippen LogP contribution in [0, 0.1) is 0 Å². The van der Waals surface area contributed by atoms with Gasteiger partial charge in [0.1, 0.15) is 0 Å². The van der Waals surface area contributed by atoms with E-state index in [1.165, 1.54) is 5.56 Å². The van der Waals surface area contributed by atoms with Crippen LogP contribution in [-0.4, -0.2) is 46.3 Å². The summed E-state index contributed by atoms with van der Waals surface area (Å²) < 4.78 is 5.09. The van der Waals surface area contributed by atoms with Gasteiger partial charge in [-0.25, -0.2) is 4.79 Å². The molecule has 0 radical (unpaired) electrons. The molecule has 2 aromatic heterocycles. The lowest BCUT2D eigenvalue weighted by Crippen LogP contribution is -2.22. The molecule has 0 saturated carbocycles. The highest BCUT2D eigenvalue weighted by Crippen LogP contribution is 2.20. The third-order valence-corrected chi connectivity index (χ3v) is 4.09. The predicted molar refractivity (Wildman–Crippen MR) is 107 cm³/mol. The lowest BCUT2D eigenvalue weighted by atomic mass is 10.2. The predicted octanol–water partition coefficient (Wildman–Crippen LogP) is 2.87. The van der Waals surface area contributed by atoms with Gasteiger partial charge >= 0.3 is 5.97 Å². The van der Waals surface area contributed by atoms with Crippen LogP contribution >= 0.6 is 0 Å². The zero-order chi connectivity index (χ0) is 19.8. The summed E-state index contributed by atoms with van der Waals surface area (Å²) >= 11 is 0. The standard InChI is InChI=1S/C20H22N6O2/c1-3-28-19(27)16-6-4-5-7-17(16)23-20-24-18(14-22-25-20)26(2)13-10-15-8-11-21-12-9-15/h4-9,11-12,14H,3,10,13H2,1-2H3,(H,23,24,25). The number of esters is 1. The largest absolute Gasteiger partial charge is 0.462 e. The topological polar surface area (TPSA) is 93.1 Å². The van der Waals surface area contributed by atoms with Gasteiger partial charge in [0, 0.05) is 26.0 Å². The molecule has 0 bridgehead atoms.